The van der Waals surface area contributed by atoms with E-state index in [2.05, 4.69) is 56.1 Å². The van der Waals surface area contributed by atoms with Gasteiger partial charge in [0, 0.05) is 31.5 Å². The Labute approximate surface area is 228 Å². The van der Waals surface area contributed by atoms with E-state index in [0.717, 1.165) is 10.4 Å². The molecule has 204 valence electrons. The summed E-state index contributed by atoms with van der Waals surface area (Å²) in [6, 6.07) is 23.6. The highest BCUT2D eigenvalue weighted by Crippen LogP contribution is 2.41. The van der Waals surface area contributed by atoms with Gasteiger partial charge in [-0.1, -0.05) is 81.4 Å². The fourth-order valence-electron chi connectivity index (χ4n) is 5.45. The van der Waals surface area contributed by atoms with Gasteiger partial charge in [-0.2, -0.15) is 5.26 Å². The Kier molecular flexibility index (Phi) is 8.35. The normalized spacial score (nSPS) is 21.3. The fraction of sp³-hybridized carbons (Fsp3) is 0.379. The van der Waals surface area contributed by atoms with Gasteiger partial charge in [-0.25, -0.2) is 4.79 Å². The maximum absolute atomic E-state index is 12.6. The van der Waals surface area contributed by atoms with Crippen LogP contribution < -0.4 is 21.6 Å². The van der Waals surface area contributed by atoms with Crippen LogP contribution in [0, 0.1) is 17.2 Å². The van der Waals surface area contributed by atoms with Crippen molar-refractivity contribution in [3.8, 4) is 6.07 Å². The molecule has 4 atom stereocenters. The van der Waals surface area contributed by atoms with E-state index < -0.39 is 49.9 Å². The van der Waals surface area contributed by atoms with Crippen molar-refractivity contribution in [2.75, 3.05) is 6.61 Å². The van der Waals surface area contributed by atoms with E-state index in [0.29, 0.717) is 0 Å². The SMILES string of the molecule is CC(=O)O[C@H]1C(n2ccc(=O)[nH]c2=O)O[C@H](CO[Si](c2ccccc2)(c2ccccc2)C(C)(C)C)[C@H]1CC#N. The molecule has 2 heterocycles. The molecule has 1 aromatic heterocycles. The van der Waals surface area contributed by atoms with Gasteiger partial charge < -0.3 is 13.9 Å². The lowest BCUT2D eigenvalue weighted by Crippen LogP contribution is -2.67. The van der Waals surface area contributed by atoms with Crippen LogP contribution in [0.15, 0.2) is 82.5 Å². The maximum Gasteiger partial charge on any atom is 0.330 e. The van der Waals surface area contributed by atoms with E-state index in [-0.39, 0.29) is 18.1 Å². The Morgan fingerprint density at radius 1 is 1.05 bits per heavy atom. The van der Waals surface area contributed by atoms with Gasteiger partial charge in [-0.05, 0) is 15.4 Å². The predicted octanol–water partition coefficient (Wildman–Crippen LogP) is 2.47. The van der Waals surface area contributed by atoms with Crippen molar-refractivity contribution in [1.29, 1.82) is 5.26 Å². The van der Waals surface area contributed by atoms with E-state index in [1.807, 2.05) is 36.4 Å². The first-order valence-corrected chi connectivity index (χ1v) is 14.8. The quantitative estimate of drug-likeness (QED) is 0.339. The molecule has 4 rings (SSSR count). The molecule has 10 heteroatoms. The van der Waals surface area contributed by atoms with Crippen LogP contribution in [0.1, 0.15) is 40.3 Å². The molecule has 0 saturated carbocycles. The van der Waals surface area contributed by atoms with E-state index in [1.165, 1.54) is 23.8 Å². The predicted molar refractivity (Wildman–Crippen MR) is 148 cm³/mol. The fourth-order valence-corrected chi connectivity index (χ4v) is 10.0. The van der Waals surface area contributed by atoms with Crippen LogP contribution in [0.3, 0.4) is 0 Å². The summed E-state index contributed by atoms with van der Waals surface area (Å²) in [4.78, 5) is 38.6. The molecule has 2 aromatic carbocycles. The third-order valence-corrected chi connectivity index (χ3v) is 12.1. The molecule has 1 saturated heterocycles. The molecule has 0 spiro atoms. The number of hydrogen-bond donors (Lipinski definition) is 1. The van der Waals surface area contributed by atoms with Gasteiger partial charge in [0.2, 0.25) is 0 Å². The molecule has 0 aliphatic carbocycles. The number of nitriles is 1. The number of esters is 1. The molecule has 1 aliphatic rings. The maximum atomic E-state index is 12.6. The number of hydrogen-bond acceptors (Lipinski definition) is 7. The van der Waals surface area contributed by atoms with Crippen molar-refractivity contribution in [1.82, 2.24) is 9.55 Å². The summed E-state index contributed by atoms with van der Waals surface area (Å²) < 4.78 is 20.2. The molecular formula is C29H33N3O6Si. The lowest BCUT2D eigenvalue weighted by Gasteiger charge is -2.43. The average molecular weight is 548 g/mol. The van der Waals surface area contributed by atoms with Crippen molar-refractivity contribution in [3.63, 3.8) is 0 Å². The second-order valence-corrected chi connectivity index (χ2v) is 15.0. The zero-order valence-electron chi connectivity index (χ0n) is 22.5. The molecule has 0 amide bonds. The average Bonchev–Trinajstić information content (AvgIpc) is 3.21. The third kappa shape index (κ3) is 5.66. The number of H-pyrrole nitrogens is 1. The zero-order chi connectivity index (χ0) is 28.2. The number of rotatable bonds is 8. The minimum atomic E-state index is -2.93. The number of aromatic amines is 1. The summed E-state index contributed by atoms with van der Waals surface area (Å²) in [6.07, 6.45) is -1.32. The van der Waals surface area contributed by atoms with Crippen LogP contribution in [0.25, 0.3) is 0 Å². The van der Waals surface area contributed by atoms with E-state index >= 15 is 0 Å². The molecule has 1 fully saturated rings. The third-order valence-electron chi connectivity index (χ3n) is 7.13. The van der Waals surface area contributed by atoms with Crippen molar-refractivity contribution in [3.05, 3.63) is 93.8 Å². The van der Waals surface area contributed by atoms with Crippen LogP contribution in [0.4, 0.5) is 0 Å². The summed E-state index contributed by atoms with van der Waals surface area (Å²) in [7, 11) is -2.93. The molecule has 0 bridgehead atoms. The molecule has 39 heavy (non-hydrogen) atoms. The number of benzene rings is 2. The van der Waals surface area contributed by atoms with Crippen molar-refractivity contribution in [2.45, 2.75) is 57.6 Å². The van der Waals surface area contributed by atoms with Crippen LogP contribution in [0.2, 0.25) is 5.04 Å². The topological polar surface area (TPSA) is 123 Å². The minimum Gasteiger partial charge on any atom is -0.457 e. The van der Waals surface area contributed by atoms with Gasteiger partial charge in [0.15, 0.2) is 12.3 Å². The van der Waals surface area contributed by atoms with Gasteiger partial charge in [0.05, 0.1) is 18.8 Å². The molecule has 9 nitrogen and oxygen atoms in total. The first kappa shape index (κ1) is 28.2. The first-order chi connectivity index (χ1) is 18.6. The number of aromatic nitrogens is 2. The molecule has 1 N–H and O–H groups in total. The van der Waals surface area contributed by atoms with Crippen LogP contribution in [-0.4, -0.2) is 42.7 Å². The number of nitrogens with one attached hydrogen (secondary N) is 1. The standard InChI is InChI=1S/C29H33N3O6Si/c1-20(33)37-26-23(15-17-30)24(38-27(26)32-18-16-25(34)31-28(32)35)19-36-39(29(2,3)4,21-11-7-5-8-12-21)22-13-9-6-10-14-22/h5-14,16,18,23-24,26-27H,15,19H2,1-4H3,(H,31,34,35)/t23-,24-,26-,27?/m1/s1. The van der Waals surface area contributed by atoms with Crippen molar-refractivity contribution in [2.24, 2.45) is 5.92 Å². The first-order valence-electron chi connectivity index (χ1n) is 12.8. The van der Waals surface area contributed by atoms with E-state index in [9.17, 15) is 19.6 Å². The Bertz CT molecular complexity index is 1400. The molecule has 1 aliphatic heterocycles. The Balaban J connectivity index is 1.77. The monoisotopic (exact) mass is 547 g/mol. The zero-order valence-corrected chi connectivity index (χ0v) is 23.5. The van der Waals surface area contributed by atoms with Crippen LogP contribution in [0.5, 0.6) is 0 Å². The van der Waals surface area contributed by atoms with Gasteiger partial charge in [0.25, 0.3) is 13.9 Å². The Hall–Kier alpha value is -3.78. The molecule has 0 radical (unpaired) electrons. The highest BCUT2D eigenvalue weighted by molar-refractivity contribution is 6.99. The second-order valence-electron chi connectivity index (χ2n) is 10.7. The molecular weight excluding hydrogens is 514 g/mol. The summed E-state index contributed by atoms with van der Waals surface area (Å²) in [5, 5.41) is 11.5. The molecule has 3 aromatic rings. The highest BCUT2D eigenvalue weighted by Gasteiger charge is 2.53. The van der Waals surface area contributed by atoms with Crippen molar-refractivity contribution < 1.29 is 18.7 Å². The summed E-state index contributed by atoms with van der Waals surface area (Å²) >= 11 is 0. The molecule has 1 unspecified atom stereocenters. The second kappa shape index (κ2) is 11.5. The lowest BCUT2D eigenvalue weighted by molar-refractivity contribution is -0.154. The van der Waals surface area contributed by atoms with Crippen LogP contribution in [-0.2, 0) is 18.7 Å². The number of carbonyl (C=O) groups is 1. The van der Waals surface area contributed by atoms with E-state index in [4.69, 9.17) is 13.9 Å². The van der Waals surface area contributed by atoms with Gasteiger partial charge in [-0.15, -0.1) is 0 Å². The minimum absolute atomic E-state index is 0.0152. The van der Waals surface area contributed by atoms with Crippen LogP contribution >= 0.6 is 0 Å². The number of carbonyl (C=O) groups excluding carboxylic acids is 1. The summed E-state index contributed by atoms with van der Waals surface area (Å²) in [5.74, 6) is -1.14. The number of ether oxygens (including phenoxy) is 2. The lowest BCUT2D eigenvalue weighted by atomic mass is 9.95. The van der Waals surface area contributed by atoms with Gasteiger partial charge in [0.1, 0.15) is 0 Å². The Morgan fingerprint density at radius 3 is 2.13 bits per heavy atom. The smallest absolute Gasteiger partial charge is 0.330 e. The number of nitrogens with zero attached hydrogens (tertiary/aromatic N) is 2. The van der Waals surface area contributed by atoms with E-state index in [1.54, 1.807) is 0 Å². The largest absolute Gasteiger partial charge is 0.457 e. The summed E-state index contributed by atoms with van der Waals surface area (Å²) in [5.41, 5.74) is -1.26. The van der Waals surface area contributed by atoms with Gasteiger partial charge in [-0.3, -0.25) is 19.1 Å². The van der Waals surface area contributed by atoms with Crippen molar-refractivity contribution >= 4 is 24.7 Å². The highest BCUT2D eigenvalue weighted by atomic mass is 28.4. The Morgan fingerprint density at radius 2 is 1.64 bits per heavy atom. The summed E-state index contributed by atoms with van der Waals surface area (Å²) in [6.45, 7) is 7.85. The van der Waals surface area contributed by atoms with Gasteiger partial charge >= 0.3 is 11.7 Å².